The van der Waals surface area contributed by atoms with Crippen LogP contribution in [0.25, 0.3) is 0 Å². The molecule has 0 aromatic heterocycles. The lowest BCUT2D eigenvalue weighted by molar-refractivity contribution is 0.585. The standard InChI is InChI=1S/C10H22.C3H10Si.FH/c1-3-5-7-9-10-8-6-4-2;1-4(2)3;/h3-10H2,1-2H3;4H,1-3H3;1H. The van der Waals surface area contributed by atoms with Gasteiger partial charge in [-0.05, 0) is 0 Å². The van der Waals surface area contributed by atoms with Crippen molar-refractivity contribution in [2.45, 2.75) is 84.9 Å². The van der Waals surface area contributed by atoms with Crippen LogP contribution < -0.4 is 0 Å². The molecule has 0 aliphatic rings. The first-order valence-electron chi connectivity index (χ1n) is 6.65. The van der Waals surface area contributed by atoms with Crippen molar-refractivity contribution < 1.29 is 4.70 Å². The molecule has 2 heteroatoms. The van der Waals surface area contributed by atoms with Crippen molar-refractivity contribution in [3.8, 4) is 0 Å². The monoisotopic (exact) mass is 236 g/mol. The first-order chi connectivity index (χ1) is 6.65. The number of hydrogen-bond donors (Lipinski definition) is 0. The number of unbranched alkanes of at least 4 members (excludes halogenated alkanes) is 7. The molecule has 0 rings (SSSR count). The van der Waals surface area contributed by atoms with Gasteiger partial charge in [-0.25, -0.2) is 0 Å². The first kappa shape index (κ1) is 20.5. The molecule has 0 aliphatic heterocycles. The van der Waals surface area contributed by atoms with Crippen molar-refractivity contribution in [2.24, 2.45) is 0 Å². The molecule has 0 heterocycles. The SMILES string of the molecule is CCCCCCCCCC.C[SiH](C)C.F. The Bertz CT molecular complexity index is 73.9. The molecule has 0 bridgehead atoms. The maximum atomic E-state index is 2.31. The molecule has 96 valence electrons. The van der Waals surface area contributed by atoms with Crippen LogP contribution in [0.15, 0.2) is 0 Å². The molecular weight excluding hydrogens is 203 g/mol. The zero-order valence-corrected chi connectivity index (χ0v) is 12.8. The second-order valence-electron chi connectivity index (χ2n) is 4.85. The molecule has 0 amide bonds. The van der Waals surface area contributed by atoms with Crippen LogP contribution >= 0.6 is 0 Å². The zero-order chi connectivity index (χ0) is 11.2. The lowest BCUT2D eigenvalue weighted by atomic mass is 10.1. The van der Waals surface area contributed by atoms with E-state index >= 15 is 0 Å². The molecular formula is C13H33FSi. The lowest BCUT2D eigenvalue weighted by Gasteiger charge is -1.97. The third-order valence-corrected chi connectivity index (χ3v) is 1.96. The van der Waals surface area contributed by atoms with Crippen molar-refractivity contribution in [3.05, 3.63) is 0 Å². The summed E-state index contributed by atoms with van der Waals surface area (Å²) in [4.78, 5) is 0. The Kier molecular flexibility index (Phi) is 27.0. The average Bonchev–Trinajstić information content (AvgIpc) is 2.10. The van der Waals surface area contributed by atoms with Crippen LogP contribution in [-0.4, -0.2) is 8.80 Å². The number of hydrogen-bond acceptors (Lipinski definition) is 0. The Morgan fingerprint density at radius 2 is 0.800 bits per heavy atom. The van der Waals surface area contributed by atoms with Crippen molar-refractivity contribution in [1.29, 1.82) is 0 Å². The summed E-state index contributed by atoms with van der Waals surface area (Å²) < 4.78 is 0. The van der Waals surface area contributed by atoms with Crippen LogP contribution in [0.2, 0.25) is 19.6 Å². The van der Waals surface area contributed by atoms with Gasteiger partial charge in [-0.3, -0.25) is 4.70 Å². The molecule has 0 aliphatic carbocycles. The van der Waals surface area contributed by atoms with Crippen LogP contribution in [0.3, 0.4) is 0 Å². The second kappa shape index (κ2) is 19.7. The van der Waals surface area contributed by atoms with E-state index in [0.29, 0.717) is 0 Å². The highest BCUT2D eigenvalue weighted by Gasteiger charge is 1.87. The lowest BCUT2D eigenvalue weighted by Crippen LogP contribution is -1.84. The Hall–Kier alpha value is 0.147. The van der Waals surface area contributed by atoms with E-state index in [1.807, 2.05) is 0 Å². The zero-order valence-electron chi connectivity index (χ0n) is 11.6. The summed E-state index contributed by atoms with van der Waals surface area (Å²) in [5.41, 5.74) is 0. The summed E-state index contributed by atoms with van der Waals surface area (Å²) in [5.74, 6) is 0. The van der Waals surface area contributed by atoms with E-state index in [2.05, 4.69) is 33.5 Å². The van der Waals surface area contributed by atoms with E-state index in [1.54, 1.807) is 0 Å². The van der Waals surface area contributed by atoms with Gasteiger partial charge in [-0.15, -0.1) is 0 Å². The van der Waals surface area contributed by atoms with Gasteiger partial charge in [0.2, 0.25) is 0 Å². The minimum absolute atomic E-state index is 0. The molecule has 0 saturated carbocycles. The van der Waals surface area contributed by atoms with Gasteiger partial charge >= 0.3 is 0 Å². The maximum absolute atomic E-state index is 2.31. The van der Waals surface area contributed by atoms with Gasteiger partial charge in [0.1, 0.15) is 0 Å². The topological polar surface area (TPSA) is 0 Å². The van der Waals surface area contributed by atoms with Crippen LogP contribution in [0.1, 0.15) is 65.2 Å². The normalized spacial score (nSPS) is 9.20. The molecule has 0 radical (unpaired) electrons. The Morgan fingerprint density at radius 3 is 1.00 bits per heavy atom. The minimum atomic E-state index is -0.139. The van der Waals surface area contributed by atoms with Crippen LogP contribution in [0.5, 0.6) is 0 Å². The van der Waals surface area contributed by atoms with Crippen LogP contribution in [0.4, 0.5) is 4.70 Å². The van der Waals surface area contributed by atoms with Gasteiger partial charge in [-0.1, -0.05) is 84.9 Å². The van der Waals surface area contributed by atoms with E-state index in [4.69, 9.17) is 0 Å². The summed E-state index contributed by atoms with van der Waals surface area (Å²) in [6, 6.07) is 0. The summed E-state index contributed by atoms with van der Waals surface area (Å²) >= 11 is 0. The maximum Gasteiger partial charge on any atom is 0.0274 e. The quantitative estimate of drug-likeness (QED) is 0.410. The van der Waals surface area contributed by atoms with E-state index in [1.165, 1.54) is 51.4 Å². The minimum Gasteiger partial charge on any atom is -0.269 e. The van der Waals surface area contributed by atoms with Gasteiger partial charge in [0.15, 0.2) is 0 Å². The fraction of sp³-hybridized carbons (Fsp3) is 1.00. The third kappa shape index (κ3) is 40.9. The molecule has 0 aromatic carbocycles. The molecule has 0 unspecified atom stereocenters. The molecule has 0 atom stereocenters. The predicted molar refractivity (Wildman–Crippen MR) is 75.5 cm³/mol. The van der Waals surface area contributed by atoms with Crippen molar-refractivity contribution in [3.63, 3.8) is 0 Å². The van der Waals surface area contributed by atoms with Gasteiger partial charge < -0.3 is 0 Å². The first-order valence-corrected chi connectivity index (χ1v) is 10.1. The molecule has 15 heavy (non-hydrogen) atoms. The largest absolute Gasteiger partial charge is 0.269 e. The molecule has 0 nitrogen and oxygen atoms in total. The fourth-order valence-corrected chi connectivity index (χ4v) is 1.21. The van der Waals surface area contributed by atoms with E-state index in [-0.39, 0.29) is 13.5 Å². The van der Waals surface area contributed by atoms with Crippen LogP contribution in [0, 0.1) is 0 Å². The highest BCUT2D eigenvalue weighted by molar-refractivity contribution is 6.54. The van der Waals surface area contributed by atoms with Gasteiger partial charge in [0.05, 0.1) is 0 Å². The molecule has 0 aromatic rings. The summed E-state index contributed by atoms with van der Waals surface area (Å²) in [6.45, 7) is 11.5. The highest BCUT2D eigenvalue weighted by atomic mass is 28.3. The van der Waals surface area contributed by atoms with Gasteiger partial charge in [0.25, 0.3) is 0 Å². The van der Waals surface area contributed by atoms with Gasteiger partial charge in [-0.2, -0.15) is 0 Å². The van der Waals surface area contributed by atoms with E-state index in [0.717, 1.165) is 0 Å². The Morgan fingerprint density at radius 1 is 0.600 bits per heavy atom. The average molecular weight is 236 g/mol. The molecule has 0 spiro atoms. The van der Waals surface area contributed by atoms with E-state index < -0.39 is 0 Å². The summed E-state index contributed by atoms with van der Waals surface area (Å²) in [7, 11) is -0.139. The Labute approximate surface area is 98.8 Å². The number of halogens is 1. The van der Waals surface area contributed by atoms with Gasteiger partial charge in [0, 0.05) is 8.80 Å². The summed E-state index contributed by atoms with van der Waals surface area (Å²) in [5, 5.41) is 0. The summed E-state index contributed by atoms with van der Waals surface area (Å²) in [6.07, 6.45) is 11.5. The van der Waals surface area contributed by atoms with Crippen molar-refractivity contribution >= 4 is 8.80 Å². The number of rotatable bonds is 7. The van der Waals surface area contributed by atoms with E-state index in [9.17, 15) is 0 Å². The Balaban J connectivity index is -0.000000249. The van der Waals surface area contributed by atoms with Crippen molar-refractivity contribution in [2.75, 3.05) is 0 Å². The molecule has 0 saturated heterocycles. The fourth-order valence-electron chi connectivity index (χ4n) is 1.21. The smallest absolute Gasteiger partial charge is 0.0274 e. The highest BCUT2D eigenvalue weighted by Crippen LogP contribution is 2.07. The molecule has 0 fully saturated rings. The van der Waals surface area contributed by atoms with Crippen molar-refractivity contribution in [1.82, 2.24) is 0 Å². The van der Waals surface area contributed by atoms with Crippen LogP contribution in [-0.2, 0) is 0 Å². The molecule has 0 N–H and O–H groups in total. The second-order valence-corrected chi connectivity index (χ2v) is 8.32. The third-order valence-electron chi connectivity index (χ3n) is 1.96. The predicted octanol–water partition coefficient (Wildman–Crippen LogP) is 5.40.